The van der Waals surface area contributed by atoms with Gasteiger partial charge in [-0.1, -0.05) is 114 Å². The molecular formula is C34H54Cl3NO4Si2. The minimum atomic E-state index is -2.02. The van der Waals surface area contributed by atoms with Gasteiger partial charge in [0, 0.05) is 18.3 Å². The van der Waals surface area contributed by atoms with Crippen molar-refractivity contribution in [3.8, 4) is 11.5 Å². The molecule has 1 aromatic carbocycles. The predicted octanol–water partition coefficient (Wildman–Crippen LogP) is 11.9. The largest absolute Gasteiger partial charge is 0.543 e. The summed E-state index contributed by atoms with van der Waals surface area (Å²) in [6.07, 6.45) is 13.5. The normalized spacial score (nSPS) is 18.4. The number of benzene rings is 1. The Morgan fingerprint density at radius 3 is 1.95 bits per heavy atom. The van der Waals surface area contributed by atoms with Crippen LogP contribution in [0, 0.1) is 5.92 Å². The van der Waals surface area contributed by atoms with Gasteiger partial charge in [-0.25, -0.2) is 4.79 Å². The SMILES string of the molecule is CC1CC/C(=C\CC/C=C/C=C/c2cc(O[Si](C)(C)C(C)(C)C)cc(O[Si](C)(C)C(C)(C)C)c2)N(C(=O)OCC(Cl)(Cl)Cl)C1. The smallest absolute Gasteiger partial charge is 0.414 e. The van der Waals surface area contributed by atoms with Crippen molar-refractivity contribution in [1.29, 1.82) is 0 Å². The minimum absolute atomic E-state index is 0.0923. The van der Waals surface area contributed by atoms with Crippen molar-refractivity contribution in [2.24, 2.45) is 5.92 Å². The maximum Gasteiger partial charge on any atom is 0.414 e. The molecule has 0 radical (unpaired) electrons. The van der Waals surface area contributed by atoms with Gasteiger partial charge in [-0.15, -0.1) is 0 Å². The van der Waals surface area contributed by atoms with Gasteiger partial charge < -0.3 is 13.6 Å². The number of ether oxygens (including phenoxy) is 1. The molecule has 1 atom stereocenters. The number of carbonyl (C=O) groups is 1. The summed E-state index contributed by atoms with van der Waals surface area (Å²) in [4.78, 5) is 14.3. The zero-order valence-electron chi connectivity index (χ0n) is 28.7. The number of rotatable bonds is 10. The summed E-state index contributed by atoms with van der Waals surface area (Å²) in [5, 5.41) is 0.185. The van der Waals surface area contributed by atoms with Crippen LogP contribution in [0.2, 0.25) is 36.3 Å². The lowest BCUT2D eigenvalue weighted by atomic mass is 9.97. The minimum Gasteiger partial charge on any atom is -0.543 e. The number of allylic oxidation sites excluding steroid dienone is 5. The number of alkyl halides is 3. The van der Waals surface area contributed by atoms with E-state index in [1.54, 1.807) is 4.90 Å². The molecule has 1 heterocycles. The molecule has 0 aromatic heterocycles. The second-order valence-electron chi connectivity index (χ2n) is 14.9. The van der Waals surface area contributed by atoms with Gasteiger partial charge in [0.15, 0.2) is 0 Å². The second-order valence-corrected chi connectivity index (χ2v) is 26.9. The van der Waals surface area contributed by atoms with Crippen LogP contribution in [0.3, 0.4) is 0 Å². The average molecular weight is 703 g/mol. The lowest BCUT2D eigenvalue weighted by molar-refractivity contribution is 0.102. The lowest BCUT2D eigenvalue weighted by Crippen LogP contribution is -2.44. The van der Waals surface area contributed by atoms with Crippen LogP contribution in [0.15, 0.2) is 48.2 Å². The maximum absolute atomic E-state index is 12.7. The van der Waals surface area contributed by atoms with E-state index in [-0.39, 0.29) is 16.7 Å². The molecule has 44 heavy (non-hydrogen) atoms. The Morgan fingerprint density at radius 1 is 0.909 bits per heavy atom. The Kier molecular flexibility index (Phi) is 13.6. The molecule has 5 nitrogen and oxygen atoms in total. The van der Waals surface area contributed by atoms with Gasteiger partial charge in [-0.3, -0.25) is 4.90 Å². The number of hydrogen-bond acceptors (Lipinski definition) is 4. The van der Waals surface area contributed by atoms with Gasteiger partial charge in [0.2, 0.25) is 20.4 Å². The highest BCUT2D eigenvalue weighted by atomic mass is 35.6. The average Bonchev–Trinajstić information content (AvgIpc) is 2.85. The highest BCUT2D eigenvalue weighted by Gasteiger charge is 2.40. The molecule has 0 saturated carbocycles. The number of carbonyl (C=O) groups excluding carboxylic acids is 1. The molecule has 0 spiro atoms. The van der Waals surface area contributed by atoms with Gasteiger partial charge in [-0.2, -0.15) is 0 Å². The van der Waals surface area contributed by atoms with Gasteiger partial charge in [-0.05, 0) is 85.6 Å². The van der Waals surface area contributed by atoms with Crippen molar-refractivity contribution in [1.82, 2.24) is 4.90 Å². The predicted molar refractivity (Wildman–Crippen MR) is 194 cm³/mol. The van der Waals surface area contributed by atoms with Crippen molar-refractivity contribution in [2.75, 3.05) is 13.2 Å². The summed E-state index contributed by atoms with van der Waals surface area (Å²) in [6, 6.07) is 6.27. The monoisotopic (exact) mass is 701 g/mol. The summed E-state index contributed by atoms with van der Waals surface area (Å²) in [6.45, 7) is 25.0. The van der Waals surface area contributed by atoms with E-state index in [4.69, 9.17) is 48.4 Å². The number of unbranched alkanes of at least 4 members (excludes halogenated alkanes) is 1. The molecule has 0 bridgehead atoms. The Labute approximate surface area is 284 Å². The summed E-state index contributed by atoms with van der Waals surface area (Å²) in [5.74, 6) is 2.11. The molecular weight excluding hydrogens is 649 g/mol. The molecule has 1 aliphatic heterocycles. The van der Waals surface area contributed by atoms with Crippen molar-refractivity contribution >= 4 is 63.6 Å². The number of nitrogens with zero attached hydrogens (tertiary/aromatic N) is 1. The van der Waals surface area contributed by atoms with E-state index in [2.05, 4.69) is 123 Å². The van der Waals surface area contributed by atoms with E-state index in [0.717, 1.165) is 48.4 Å². The third-order valence-corrected chi connectivity index (χ3v) is 17.9. The highest BCUT2D eigenvalue weighted by Crippen LogP contribution is 2.41. The Balaban J connectivity index is 2.14. The third kappa shape index (κ3) is 12.4. The zero-order chi connectivity index (χ0) is 33.6. The Morgan fingerprint density at radius 2 is 1.45 bits per heavy atom. The van der Waals surface area contributed by atoms with Crippen LogP contribution >= 0.6 is 34.8 Å². The second kappa shape index (κ2) is 15.5. The van der Waals surface area contributed by atoms with Crippen molar-refractivity contribution in [3.05, 3.63) is 53.8 Å². The third-order valence-electron chi connectivity index (χ3n) is 8.82. The molecule has 0 aliphatic carbocycles. The van der Waals surface area contributed by atoms with E-state index in [0.29, 0.717) is 12.5 Å². The van der Waals surface area contributed by atoms with Crippen LogP contribution in [0.1, 0.15) is 79.7 Å². The molecule has 10 heteroatoms. The Hall–Kier alpha value is -1.39. The summed E-state index contributed by atoms with van der Waals surface area (Å²) >= 11 is 17.3. The molecule has 1 aromatic rings. The van der Waals surface area contributed by atoms with Gasteiger partial charge >= 0.3 is 6.09 Å². The molecule has 1 unspecified atom stereocenters. The summed E-state index contributed by atoms with van der Waals surface area (Å²) in [5.41, 5.74) is 2.01. The van der Waals surface area contributed by atoms with Crippen LogP contribution in [0.4, 0.5) is 4.79 Å². The summed E-state index contributed by atoms with van der Waals surface area (Å²) < 4.78 is 17.0. The van der Waals surface area contributed by atoms with Crippen LogP contribution in [0.5, 0.6) is 11.5 Å². The molecule has 1 amide bonds. The molecule has 1 saturated heterocycles. The zero-order valence-corrected chi connectivity index (χ0v) is 32.9. The fourth-order valence-electron chi connectivity index (χ4n) is 4.07. The first-order valence-electron chi connectivity index (χ1n) is 15.6. The first-order valence-corrected chi connectivity index (χ1v) is 22.5. The van der Waals surface area contributed by atoms with Crippen LogP contribution in [-0.2, 0) is 4.74 Å². The van der Waals surface area contributed by atoms with E-state index in [9.17, 15) is 4.79 Å². The number of piperidine rings is 1. The molecule has 0 N–H and O–H groups in total. The number of amides is 1. The number of hydrogen-bond donors (Lipinski definition) is 0. The van der Waals surface area contributed by atoms with Crippen molar-refractivity contribution in [3.63, 3.8) is 0 Å². The Bertz CT molecular complexity index is 1160. The molecule has 1 aliphatic rings. The topological polar surface area (TPSA) is 48.0 Å². The molecule has 1 fully saturated rings. The summed E-state index contributed by atoms with van der Waals surface area (Å²) in [7, 11) is -4.04. The van der Waals surface area contributed by atoms with Gasteiger partial charge in [0.1, 0.15) is 18.1 Å². The number of halogens is 3. The van der Waals surface area contributed by atoms with E-state index < -0.39 is 26.5 Å². The molecule has 248 valence electrons. The van der Waals surface area contributed by atoms with E-state index in [1.807, 2.05) is 0 Å². The van der Waals surface area contributed by atoms with E-state index >= 15 is 0 Å². The fourth-order valence-corrected chi connectivity index (χ4v) is 6.26. The van der Waals surface area contributed by atoms with Crippen LogP contribution < -0.4 is 8.85 Å². The van der Waals surface area contributed by atoms with Gasteiger partial charge in [0.25, 0.3) is 0 Å². The van der Waals surface area contributed by atoms with Gasteiger partial charge in [0.05, 0.1) is 0 Å². The fraction of sp³-hybridized carbons (Fsp3) is 0.618. The van der Waals surface area contributed by atoms with Crippen molar-refractivity contribution < 1.29 is 18.4 Å². The standard InChI is InChI=1S/C34H54Cl3NO4Si2/c1-26-19-20-28(38(24-26)31(39)40-25-34(35,36)37)18-16-14-12-13-15-17-27-21-29(41-43(8,9)32(2,3)4)23-30(22-27)42-44(10,11)33(5,6)7/h12-13,15,17-18,21-23,26H,14,16,19-20,24-25H2,1-11H3/b13-12+,17-15+,28-18+. The van der Waals surface area contributed by atoms with Crippen LogP contribution in [0.25, 0.3) is 6.08 Å². The quantitative estimate of drug-likeness (QED) is 0.105. The first kappa shape index (κ1) is 38.8. The van der Waals surface area contributed by atoms with Crippen LogP contribution in [-0.4, -0.2) is 44.6 Å². The molecule has 2 rings (SSSR count). The maximum atomic E-state index is 12.7. The highest BCUT2D eigenvalue weighted by molar-refractivity contribution is 6.75. The lowest BCUT2D eigenvalue weighted by Gasteiger charge is -2.38. The van der Waals surface area contributed by atoms with E-state index in [1.165, 1.54) is 0 Å². The van der Waals surface area contributed by atoms with Crippen molar-refractivity contribution in [2.45, 2.75) is 114 Å². The number of likely N-dealkylation sites (tertiary alicyclic amines) is 1. The first-order chi connectivity index (χ1) is 20.0.